The van der Waals surface area contributed by atoms with Crippen molar-refractivity contribution in [1.82, 2.24) is 5.32 Å². The molecular weight excluding hydrogens is 246 g/mol. The van der Waals surface area contributed by atoms with Crippen LogP contribution in [0.1, 0.15) is 18.2 Å². The Balaban J connectivity index is 1.68. The minimum atomic E-state index is 0.948. The van der Waals surface area contributed by atoms with Gasteiger partial charge in [0.05, 0.1) is 3.79 Å². The Morgan fingerprint density at radius 1 is 1.62 bits per heavy atom. The van der Waals surface area contributed by atoms with E-state index in [-0.39, 0.29) is 0 Å². The van der Waals surface area contributed by atoms with Gasteiger partial charge in [0.25, 0.3) is 0 Å². The number of nitrogens with one attached hydrogen (secondary N) is 1. The maximum Gasteiger partial charge on any atom is 0.0701 e. The van der Waals surface area contributed by atoms with Crippen molar-refractivity contribution in [2.24, 2.45) is 11.8 Å². The molecule has 0 bridgehead atoms. The SMILES string of the molecule is CC1CC1CNCc1ccc(Br)s1. The molecule has 72 valence electrons. The molecular formula is C10H14BrNS. The van der Waals surface area contributed by atoms with Crippen LogP contribution in [0.15, 0.2) is 15.9 Å². The first-order chi connectivity index (χ1) is 6.25. The lowest BCUT2D eigenvalue weighted by molar-refractivity contribution is 0.616. The van der Waals surface area contributed by atoms with Crippen LogP contribution < -0.4 is 5.32 Å². The van der Waals surface area contributed by atoms with Gasteiger partial charge in [-0.1, -0.05) is 6.92 Å². The van der Waals surface area contributed by atoms with Crippen LogP contribution in [-0.4, -0.2) is 6.54 Å². The van der Waals surface area contributed by atoms with E-state index in [1.807, 2.05) is 11.3 Å². The third kappa shape index (κ3) is 2.79. The summed E-state index contributed by atoms with van der Waals surface area (Å²) in [5.41, 5.74) is 0. The average molecular weight is 260 g/mol. The predicted octanol–water partition coefficient (Wildman–Crippen LogP) is 3.26. The summed E-state index contributed by atoms with van der Waals surface area (Å²) in [4.78, 5) is 1.42. The van der Waals surface area contributed by atoms with Gasteiger partial charge in [-0.25, -0.2) is 0 Å². The monoisotopic (exact) mass is 259 g/mol. The summed E-state index contributed by atoms with van der Waals surface area (Å²) < 4.78 is 1.23. The van der Waals surface area contributed by atoms with E-state index < -0.39 is 0 Å². The summed E-state index contributed by atoms with van der Waals surface area (Å²) in [5.74, 6) is 1.91. The Morgan fingerprint density at radius 2 is 2.38 bits per heavy atom. The smallest absolute Gasteiger partial charge is 0.0701 e. The van der Waals surface area contributed by atoms with E-state index in [4.69, 9.17) is 0 Å². The second-order valence-electron chi connectivity index (χ2n) is 3.81. The van der Waals surface area contributed by atoms with Crippen LogP contribution in [0, 0.1) is 11.8 Å². The van der Waals surface area contributed by atoms with Crippen LogP contribution in [0.5, 0.6) is 0 Å². The van der Waals surface area contributed by atoms with E-state index in [2.05, 4.69) is 40.3 Å². The van der Waals surface area contributed by atoms with E-state index in [1.165, 1.54) is 21.6 Å². The van der Waals surface area contributed by atoms with Crippen LogP contribution in [0.4, 0.5) is 0 Å². The summed E-state index contributed by atoms with van der Waals surface area (Å²) in [7, 11) is 0. The third-order valence-corrected chi connectivity index (χ3v) is 4.23. The molecule has 1 saturated carbocycles. The van der Waals surface area contributed by atoms with E-state index in [0.29, 0.717) is 0 Å². The van der Waals surface area contributed by atoms with E-state index in [1.54, 1.807) is 0 Å². The minimum absolute atomic E-state index is 0.948. The van der Waals surface area contributed by atoms with Crippen LogP contribution in [-0.2, 0) is 6.54 Å². The quantitative estimate of drug-likeness (QED) is 0.876. The van der Waals surface area contributed by atoms with Crippen molar-refractivity contribution < 1.29 is 0 Å². The fourth-order valence-electron chi connectivity index (χ4n) is 1.51. The Kier molecular flexibility index (Phi) is 3.06. The highest BCUT2D eigenvalue weighted by molar-refractivity contribution is 9.11. The van der Waals surface area contributed by atoms with Crippen molar-refractivity contribution in [1.29, 1.82) is 0 Å². The number of hydrogen-bond donors (Lipinski definition) is 1. The number of thiophene rings is 1. The van der Waals surface area contributed by atoms with Gasteiger partial charge in [0.15, 0.2) is 0 Å². The summed E-state index contributed by atoms with van der Waals surface area (Å²) in [6.07, 6.45) is 1.42. The Hall–Kier alpha value is 0.140. The number of hydrogen-bond acceptors (Lipinski definition) is 2. The molecule has 2 atom stereocenters. The van der Waals surface area contributed by atoms with Crippen molar-refractivity contribution >= 4 is 27.3 Å². The first kappa shape index (κ1) is 9.69. The largest absolute Gasteiger partial charge is 0.312 e. The predicted molar refractivity (Wildman–Crippen MR) is 61.0 cm³/mol. The minimum Gasteiger partial charge on any atom is -0.312 e. The molecule has 1 aromatic heterocycles. The van der Waals surface area contributed by atoms with Crippen molar-refractivity contribution in [3.63, 3.8) is 0 Å². The van der Waals surface area contributed by atoms with Gasteiger partial charge < -0.3 is 5.32 Å². The van der Waals surface area contributed by atoms with Crippen LogP contribution >= 0.6 is 27.3 Å². The molecule has 0 spiro atoms. The van der Waals surface area contributed by atoms with Crippen molar-refractivity contribution in [3.05, 3.63) is 20.8 Å². The first-order valence-corrected chi connectivity index (χ1v) is 6.31. The lowest BCUT2D eigenvalue weighted by Crippen LogP contribution is -2.15. The standard InChI is InChI=1S/C10H14BrNS/c1-7-4-8(7)5-12-6-9-2-3-10(11)13-9/h2-3,7-8,12H,4-6H2,1H3. The summed E-state index contributed by atoms with van der Waals surface area (Å²) >= 11 is 5.28. The highest BCUT2D eigenvalue weighted by Gasteiger charge is 2.31. The van der Waals surface area contributed by atoms with Gasteiger partial charge in [-0.2, -0.15) is 0 Å². The van der Waals surface area contributed by atoms with Gasteiger partial charge in [-0.05, 0) is 52.9 Å². The topological polar surface area (TPSA) is 12.0 Å². The summed E-state index contributed by atoms with van der Waals surface area (Å²) in [6, 6.07) is 4.29. The fraction of sp³-hybridized carbons (Fsp3) is 0.600. The summed E-state index contributed by atoms with van der Waals surface area (Å²) in [5, 5.41) is 3.50. The molecule has 13 heavy (non-hydrogen) atoms. The molecule has 3 heteroatoms. The fourth-order valence-corrected chi connectivity index (χ4v) is 2.96. The average Bonchev–Trinajstić information content (AvgIpc) is 2.60. The number of halogens is 1. The zero-order valence-corrected chi connectivity index (χ0v) is 10.1. The molecule has 0 aliphatic heterocycles. The first-order valence-electron chi connectivity index (χ1n) is 4.70. The Morgan fingerprint density at radius 3 is 2.92 bits per heavy atom. The molecule has 1 aliphatic carbocycles. The zero-order valence-electron chi connectivity index (χ0n) is 7.72. The maximum absolute atomic E-state index is 3.50. The molecule has 2 rings (SSSR count). The molecule has 1 aliphatic rings. The zero-order chi connectivity index (χ0) is 9.26. The normalized spacial score (nSPS) is 26.3. The molecule has 0 saturated heterocycles. The lowest BCUT2D eigenvalue weighted by Gasteiger charge is -2.00. The Bertz CT molecular complexity index is 284. The molecule has 1 aromatic rings. The van der Waals surface area contributed by atoms with Crippen molar-refractivity contribution in [2.75, 3.05) is 6.54 Å². The molecule has 1 nitrogen and oxygen atoms in total. The second-order valence-corrected chi connectivity index (χ2v) is 6.36. The lowest BCUT2D eigenvalue weighted by atomic mass is 10.3. The van der Waals surface area contributed by atoms with Gasteiger partial charge in [-0.15, -0.1) is 11.3 Å². The number of rotatable bonds is 4. The van der Waals surface area contributed by atoms with Gasteiger partial charge in [0.2, 0.25) is 0 Å². The van der Waals surface area contributed by atoms with Crippen LogP contribution in [0.3, 0.4) is 0 Å². The molecule has 2 unspecified atom stereocenters. The highest BCUT2D eigenvalue weighted by Crippen LogP contribution is 2.36. The third-order valence-electron chi connectivity index (χ3n) is 2.61. The highest BCUT2D eigenvalue weighted by atomic mass is 79.9. The van der Waals surface area contributed by atoms with Gasteiger partial charge >= 0.3 is 0 Å². The van der Waals surface area contributed by atoms with Crippen molar-refractivity contribution in [3.8, 4) is 0 Å². The van der Waals surface area contributed by atoms with E-state index >= 15 is 0 Å². The maximum atomic E-state index is 3.50. The van der Waals surface area contributed by atoms with Gasteiger partial charge in [0, 0.05) is 11.4 Å². The Labute approximate surface area is 91.7 Å². The molecule has 1 heterocycles. The molecule has 1 fully saturated rings. The molecule has 1 N–H and O–H groups in total. The second kappa shape index (κ2) is 4.11. The van der Waals surface area contributed by atoms with Crippen LogP contribution in [0.25, 0.3) is 0 Å². The van der Waals surface area contributed by atoms with E-state index in [0.717, 1.165) is 18.4 Å². The van der Waals surface area contributed by atoms with E-state index in [9.17, 15) is 0 Å². The summed E-state index contributed by atoms with van der Waals surface area (Å²) in [6.45, 7) is 4.55. The van der Waals surface area contributed by atoms with Crippen LogP contribution in [0.2, 0.25) is 0 Å². The molecule has 0 radical (unpaired) electrons. The van der Waals surface area contributed by atoms with Gasteiger partial charge in [0.1, 0.15) is 0 Å². The van der Waals surface area contributed by atoms with Gasteiger partial charge in [-0.3, -0.25) is 0 Å². The molecule has 0 amide bonds. The molecule has 0 aromatic carbocycles. The van der Waals surface area contributed by atoms with Crippen molar-refractivity contribution in [2.45, 2.75) is 19.9 Å².